The van der Waals surface area contributed by atoms with E-state index in [1.807, 2.05) is 38.1 Å². The first-order valence-electron chi connectivity index (χ1n) is 7.06. The number of hydrogen-bond donors (Lipinski definition) is 0. The number of aromatic nitrogens is 1. The van der Waals surface area contributed by atoms with Gasteiger partial charge in [-0.2, -0.15) is 0 Å². The molecule has 21 heavy (non-hydrogen) atoms. The molecular weight excluding hydrogens is 267 g/mol. The summed E-state index contributed by atoms with van der Waals surface area (Å²) < 4.78 is 13.7. The van der Waals surface area contributed by atoms with Gasteiger partial charge in [0.15, 0.2) is 5.82 Å². The van der Waals surface area contributed by atoms with Gasteiger partial charge >= 0.3 is 0 Å². The van der Waals surface area contributed by atoms with Crippen LogP contribution in [0.2, 0.25) is 0 Å². The van der Waals surface area contributed by atoms with Gasteiger partial charge in [-0.25, -0.2) is 4.39 Å². The van der Waals surface area contributed by atoms with E-state index >= 15 is 0 Å². The molecule has 1 aromatic heterocycles. The van der Waals surface area contributed by atoms with Gasteiger partial charge in [-0.3, -0.25) is 9.78 Å². The van der Waals surface area contributed by atoms with Crippen LogP contribution in [0.3, 0.4) is 0 Å². The number of carbonyl (C=O) groups excluding carboxylic acids is 1. The van der Waals surface area contributed by atoms with Gasteiger partial charge in [-0.1, -0.05) is 36.8 Å². The van der Waals surface area contributed by atoms with Crippen molar-refractivity contribution in [2.75, 3.05) is 6.54 Å². The molecule has 0 aliphatic heterocycles. The Morgan fingerprint density at radius 2 is 1.95 bits per heavy atom. The number of nitrogens with zero attached hydrogens (tertiary/aromatic N) is 2. The second-order valence-electron chi connectivity index (χ2n) is 5.07. The summed E-state index contributed by atoms with van der Waals surface area (Å²) in [6, 6.07) is 9.44. The quantitative estimate of drug-likeness (QED) is 0.841. The first kappa shape index (κ1) is 15.2. The molecule has 0 bridgehead atoms. The van der Waals surface area contributed by atoms with E-state index in [9.17, 15) is 9.18 Å². The molecule has 1 heterocycles. The molecule has 0 radical (unpaired) electrons. The summed E-state index contributed by atoms with van der Waals surface area (Å²) in [5, 5.41) is 0. The van der Waals surface area contributed by atoms with Gasteiger partial charge in [0.2, 0.25) is 0 Å². The number of hydrogen-bond acceptors (Lipinski definition) is 2. The van der Waals surface area contributed by atoms with E-state index in [0.29, 0.717) is 13.1 Å². The van der Waals surface area contributed by atoms with Crippen molar-refractivity contribution in [1.82, 2.24) is 9.88 Å². The Bertz CT molecular complexity index is 610. The zero-order valence-electron chi connectivity index (χ0n) is 12.3. The number of carbonyl (C=O) groups is 1. The lowest BCUT2D eigenvalue weighted by Gasteiger charge is -2.22. The lowest BCUT2D eigenvalue weighted by atomic mass is 10.1. The van der Waals surface area contributed by atoms with Gasteiger partial charge in [0.25, 0.3) is 5.91 Å². The fraction of sp³-hybridized carbons (Fsp3) is 0.294. The Hall–Kier alpha value is -2.23. The minimum absolute atomic E-state index is 0.0746. The van der Waals surface area contributed by atoms with Crippen LogP contribution in [0.5, 0.6) is 0 Å². The SMILES string of the molecule is CCCN(Cc1ccc(C)cc1)C(=O)c1ccncc1F. The van der Waals surface area contributed by atoms with Crippen LogP contribution in [0.4, 0.5) is 4.39 Å². The van der Waals surface area contributed by atoms with E-state index < -0.39 is 5.82 Å². The van der Waals surface area contributed by atoms with Crippen LogP contribution >= 0.6 is 0 Å². The van der Waals surface area contributed by atoms with Gasteiger partial charge in [-0.15, -0.1) is 0 Å². The fourth-order valence-electron chi connectivity index (χ4n) is 2.16. The highest BCUT2D eigenvalue weighted by molar-refractivity contribution is 5.94. The molecule has 110 valence electrons. The van der Waals surface area contributed by atoms with Crippen molar-refractivity contribution in [2.45, 2.75) is 26.8 Å². The van der Waals surface area contributed by atoms with Gasteiger partial charge in [0.1, 0.15) is 0 Å². The molecule has 0 saturated heterocycles. The molecule has 2 aromatic rings. The van der Waals surface area contributed by atoms with Gasteiger partial charge in [0.05, 0.1) is 11.8 Å². The number of pyridine rings is 1. The number of halogens is 1. The second kappa shape index (κ2) is 6.97. The smallest absolute Gasteiger partial charge is 0.257 e. The third-order valence-corrected chi connectivity index (χ3v) is 3.28. The minimum atomic E-state index is -0.576. The number of rotatable bonds is 5. The summed E-state index contributed by atoms with van der Waals surface area (Å²) in [6.45, 7) is 5.09. The van der Waals surface area contributed by atoms with Crippen LogP contribution in [0.25, 0.3) is 0 Å². The Labute approximate surface area is 124 Å². The predicted octanol–water partition coefficient (Wildman–Crippen LogP) is 3.58. The van der Waals surface area contributed by atoms with Crippen LogP contribution < -0.4 is 0 Å². The van der Waals surface area contributed by atoms with Crippen LogP contribution in [0.15, 0.2) is 42.7 Å². The summed E-state index contributed by atoms with van der Waals surface area (Å²) in [4.78, 5) is 17.8. The maximum atomic E-state index is 13.7. The molecular formula is C17H19FN2O. The van der Waals surface area contributed by atoms with Crippen molar-refractivity contribution in [2.24, 2.45) is 0 Å². The van der Waals surface area contributed by atoms with Gasteiger partial charge < -0.3 is 4.90 Å². The van der Waals surface area contributed by atoms with E-state index in [1.54, 1.807) is 4.90 Å². The Morgan fingerprint density at radius 3 is 2.57 bits per heavy atom. The lowest BCUT2D eigenvalue weighted by Crippen LogP contribution is -2.32. The zero-order chi connectivity index (χ0) is 15.2. The van der Waals surface area contributed by atoms with Crippen LogP contribution in [0.1, 0.15) is 34.8 Å². The molecule has 3 nitrogen and oxygen atoms in total. The Morgan fingerprint density at radius 1 is 1.24 bits per heavy atom. The molecule has 0 atom stereocenters. The molecule has 0 N–H and O–H groups in total. The Kier molecular flexibility index (Phi) is 5.04. The van der Waals surface area contributed by atoms with Gasteiger partial charge in [0, 0.05) is 19.3 Å². The molecule has 1 aromatic carbocycles. The third kappa shape index (κ3) is 3.88. The monoisotopic (exact) mass is 286 g/mol. The topological polar surface area (TPSA) is 33.2 Å². The van der Waals surface area contributed by atoms with Crippen LogP contribution in [0, 0.1) is 12.7 Å². The average Bonchev–Trinajstić information content (AvgIpc) is 2.49. The standard InChI is InChI=1S/C17H19FN2O/c1-3-10-20(12-14-6-4-13(2)5-7-14)17(21)15-8-9-19-11-16(15)18/h4-9,11H,3,10,12H2,1-2H3. The maximum absolute atomic E-state index is 13.7. The number of amides is 1. The summed E-state index contributed by atoms with van der Waals surface area (Å²) in [5.41, 5.74) is 2.29. The molecule has 4 heteroatoms. The minimum Gasteiger partial charge on any atom is -0.334 e. The normalized spacial score (nSPS) is 10.4. The molecule has 0 unspecified atom stereocenters. The number of benzene rings is 1. The molecule has 0 saturated carbocycles. The van der Waals surface area contributed by atoms with E-state index in [-0.39, 0.29) is 11.5 Å². The largest absolute Gasteiger partial charge is 0.334 e. The third-order valence-electron chi connectivity index (χ3n) is 3.28. The summed E-state index contributed by atoms with van der Waals surface area (Å²) in [5.74, 6) is -0.871. The summed E-state index contributed by atoms with van der Waals surface area (Å²) in [7, 11) is 0. The van der Waals surface area contributed by atoms with E-state index in [4.69, 9.17) is 0 Å². The van der Waals surface area contributed by atoms with Gasteiger partial charge in [-0.05, 0) is 25.0 Å². The highest BCUT2D eigenvalue weighted by atomic mass is 19.1. The van der Waals surface area contributed by atoms with E-state index in [0.717, 1.165) is 18.2 Å². The highest BCUT2D eigenvalue weighted by Gasteiger charge is 2.18. The summed E-state index contributed by atoms with van der Waals surface area (Å²) in [6.07, 6.45) is 3.33. The second-order valence-corrected chi connectivity index (χ2v) is 5.07. The highest BCUT2D eigenvalue weighted by Crippen LogP contribution is 2.13. The van der Waals surface area contributed by atoms with E-state index in [2.05, 4.69) is 4.98 Å². The molecule has 0 fully saturated rings. The van der Waals surface area contributed by atoms with Crippen LogP contribution in [-0.2, 0) is 6.54 Å². The van der Waals surface area contributed by atoms with Crippen molar-refractivity contribution >= 4 is 5.91 Å². The predicted molar refractivity (Wildman–Crippen MR) is 80.4 cm³/mol. The zero-order valence-corrected chi connectivity index (χ0v) is 12.3. The fourth-order valence-corrected chi connectivity index (χ4v) is 2.16. The van der Waals surface area contributed by atoms with E-state index in [1.165, 1.54) is 17.8 Å². The number of aryl methyl sites for hydroxylation is 1. The summed E-state index contributed by atoms with van der Waals surface area (Å²) >= 11 is 0. The van der Waals surface area contributed by atoms with Crippen molar-refractivity contribution in [3.63, 3.8) is 0 Å². The first-order chi connectivity index (χ1) is 10.1. The first-order valence-corrected chi connectivity index (χ1v) is 7.06. The lowest BCUT2D eigenvalue weighted by molar-refractivity contribution is 0.0738. The molecule has 0 aliphatic carbocycles. The van der Waals surface area contributed by atoms with Crippen molar-refractivity contribution < 1.29 is 9.18 Å². The van der Waals surface area contributed by atoms with Crippen molar-refractivity contribution in [3.8, 4) is 0 Å². The van der Waals surface area contributed by atoms with Crippen molar-refractivity contribution in [1.29, 1.82) is 0 Å². The van der Waals surface area contributed by atoms with Crippen LogP contribution in [-0.4, -0.2) is 22.3 Å². The molecule has 0 aliphatic rings. The molecule has 0 spiro atoms. The molecule has 2 rings (SSSR count). The molecule has 1 amide bonds. The average molecular weight is 286 g/mol. The maximum Gasteiger partial charge on any atom is 0.257 e. The Balaban J connectivity index is 2.20. The van der Waals surface area contributed by atoms with Crippen molar-refractivity contribution in [3.05, 3.63) is 65.2 Å².